The minimum absolute atomic E-state index is 0.719. The number of hydrogen-bond donors (Lipinski definition) is 2. The Morgan fingerprint density at radius 2 is 2.00 bits per heavy atom. The van der Waals surface area contributed by atoms with Crippen LogP contribution in [0.3, 0.4) is 0 Å². The SMILES string of the molecule is CSCCCCCCNC1CCCC1CN. The van der Waals surface area contributed by atoms with Crippen LogP contribution in [0.15, 0.2) is 0 Å². The lowest BCUT2D eigenvalue weighted by Crippen LogP contribution is -2.36. The minimum atomic E-state index is 0.719. The van der Waals surface area contributed by atoms with Gasteiger partial charge in [-0.05, 0) is 56.7 Å². The van der Waals surface area contributed by atoms with E-state index in [1.165, 1.54) is 57.2 Å². The van der Waals surface area contributed by atoms with Crippen molar-refractivity contribution in [1.29, 1.82) is 0 Å². The summed E-state index contributed by atoms with van der Waals surface area (Å²) in [6.07, 6.45) is 11.7. The lowest BCUT2D eigenvalue weighted by Gasteiger charge is -2.19. The van der Waals surface area contributed by atoms with E-state index in [1.807, 2.05) is 11.8 Å². The molecule has 0 heterocycles. The third-order valence-electron chi connectivity index (χ3n) is 3.64. The van der Waals surface area contributed by atoms with Gasteiger partial charge in [-0.25, -0.2) is 0 Å². The van der Waals surface area contributed by atoms with Gasteiger partial charge >= 0.3 is 0 Å². The number of nitrogens with one attached hydrogen (secondary N) is 1. The zero-order valence-electron chi connectivity index (χ0n) is 10.7. The van der Waals surface area contributed by atoms with Crippen molar-refractivity contribution in [2.24, 2.45) is 11.7 Å². The molecule has 0 amide bonds. The molecule has 0 bridgehead atoms. The highest BCUT2D eigenvalue weighted by molar-refractivity contribution is 7.98. The first-order valence-corrected chi connectivity index (χ1v) is 8.20. The molecule has 96 valence electrons. The van der Waals surface area contributed by atoms with Gasteiger partial charge in [-0.2, -0.15) is 11.8 Å². The molecule has 2 unspecified atom stereocenters. The predicted octanol–water partition coefficient (Wildman–Crippen LogP) is 2.63. The van der Waals surface area contributed by atoms with E-state index in [-0.39, 0.29) is 0 Å². The third kappa shape index (κ3) is 5.55. The lowest BCUT2D eigenvalue weighted by molar-refractivity contribution is 0.402. The maximum absolute atomic E-state index is 5.77. The highest BCUT2D eigenvalue weighted by Gasteiger charge is 2.24. The van der Waals surface area contributed by atoms with Gasteiger partial charge in [0, 0.05) is 6.04 Å². The van der Waals surface area contributed by atoms with E-state index in [4.69, 9.17) is 5.73 Å². The van der Waals surface area contributed by atoms with Crippen molar-refractivity contribution >= 4 is 11.8 Å². The van der Waals surface area contributed by atoms with Gasteiger partial charge in [0.15, 0.2) is 0 Å². The Labute approximate surface area is 105 Å². The van der Waals surface area contributed by atoms with Gasteiger partial charge in [0.05, 0.1) is 0 Å². The van der Waals surface area contributed by atoms with E-state index in [1.54, 1.807) is 0 Å². The quantitative estimate of drug-likeness (QED) is 0.612. The van der Waals surface area contributed by atoms with Gasteiger partial charge in [0.1, 0.15) is 0 Å². The zero-order valence-corrected chi connectivity index (χ0v) is 11.5. The van der Waals surface area contributed by atoms with Crippen LogP contribution in [-0.4, -0.2) is 31.1 Å². The highest BCUT2D eigenvalue weighted by Crippen LogP contribution is 2.24. The normalized spacial score (nSPS) is 25.1. The van der Waals surface area contributed by atoms with Crippen molar-refractivity contribution in [3.8, 4) is 0 Å². The molecule has 1 fully saturated rings. The first-order valence-electron chi connectivity index (χ1n) is 6.81. The van der Waals surface area contributed by atoms with Crippen LogP contribution in [0.1, 0.15) is 44.9 Å². The van der Waals surface area contributed by atoms with Crippen LogP contribution in [-0.2, 0) is 0 Å². The molecule has 0 aromatic rings. The van der Waals surface area contributed by atoms with Gasteiger partial charge in [0.25, 0.3) is 0 Å². The molecule has 2 nitrogen and oxygen atoms in total. The van der Waals surface area contributed by atoms with Gasteiger partial charge in [-0.1, -0.05) is 19.3 Å². The Bertz CT molecular complexity index is 164. The summed E-state index contributed by atoms with van der Waals surface area (Å²) in [5.74, 6) is 2.07. The Balaban J connectivity index is 1.90. The first kappa shape index (κ1) is 14.3. The maximum atomic E-state index is 5.77. The van der Waals surface area contributed by atoms with E-state index in [9.17, 15) is 0 Å². The smallest absolute Gasteiger partial charge is 0.0107 e. The van der Waals surface area contributed by atoms with E-state index >= 15 is 0 Å². The molecule has 16 heavy (non-hydrogen) atoms. The summed E-state index contributed by atoms with van der Waals surface area (Å²) >= 11 is 1.96. The van der Waals surface area contributed by atoms with Crippen molar-refractivity contribution in [1.82, 2.24) is 5.32 Å². The van der Waals surface area contributed by atoms with E-state index in [0.29, 0.717) is 0 Å². The average molecular weight is 244 g/mol. The fourth-order valence-corrected chi connectivity index (χ4v) is 3.09. The molecular formula is C13H28N2S. The first-order chi connectivity index (χ1) is 7.88. The second-order valence-electron chi connectivity index (χ2n) is 4.89. The van der Waals surface area contributed by atoms with Crippen molar-refractivity contribution in [2.75, 3.05) is 25.1 Å². The molecule has 3 N–H and O–H groups in total. The Kier molecular flexibility index (Phi) is 8.34. The summed E-state index contributed by atoms with van der Waals surface area (Å²) in [5.41, 5.74) is 5.77. The molecule has 0 aromatic carbocycles. The summed E-state index contributed by atoms with van der Waals surface area (Å²) < 4.78 is 0. The van der Waals surface area contributed by atoms with Crippen LogP contribution < -0.4 is 11.1 Å². The van der Waals surface area contributed by atoms with Crippen molar-refractivity contribution in [3.63, 3.8) is 0 Å². The van der Waals surface area contributed by atoms with E-state index < -0.39 is 0 Å². The molecule has 1 saturated carbocycles. The van der Waals surface area contributed by atoms with Gasteiger partial charge < -0.3 is 11.1 Å². The number of rotatable bonds is 9. The number of nitrogens with two attached hydrogens (primary N) is 1. The third-order valence-corrected chi connectivity index (χ3v) is 4.34. The fourth-order valence-electron chi connectivity index (χ4n) is 2.60. The molecular weight excluding hydrogens is 216 g/mol. The van der Waals surface area contributed by atoms with E-state index in [0.717, 1.165) is 18.5 Å². The summed E-state index contributed by atoms with van der Waals surface area (Å²) in [5, 5.41) is 3.69. The molecule has 0 aromatic heterocycles. The summed E-state index contributed by atoms with van der Waals surface area (Å²) in [6.45, 7) is 2.06. The number of thioether (sulfide) groups is 1. The molecule has 2 atom stereocenters. The average Bonchev–Trinajstić information content (AvgIpc) is 2.75. The Morgan fingerprint density at radius 3 is 2.75 bits per heavy atom. The van der Waals surface area contributed by atoms with Crippen LogP contribution in [0.5, 0.6) is 0 Å². The van der Waals surface area contributed by atoms with Crippen molar-refractivity contribution in [2.45, 2.75) is 51.0 Å². The molecule has 3 heteroatoms. The molecule has 1 rings (SSSR count). The van der Waals surface area contributed by atoms with Crippen LogP contribution in [0.2, 0.25) is 0 Å². The minimum Gasteiger partial charge on any atom is -0.330 e. The van der Waals surface area contributed by atoms with Crippen LogP contribution in [0, 0.1) is 5.92 Å². The van der Waals surface area contributed by atoms with Crippen molar-refractivity contribution in [3.05, 3.63) is 0 Å². The monoisotopic (exact) mass is 244 g/mol. The second kappa shape index (κ2) is 9.32. The summed E-state index contributed by atoms with van der Waals surface area (Å²) in [7, 11) is 0. The van der Waals surface area contributed by atoms with Gasteiger partial charge in [-0.15, -0.1) is 0 Å². The Morgan fingerprint density at radius 1 is 1.19 bits per heavy atom. The maximum Gasteiger partial charge on any atom is 0.0107 e. The molecule has 0 radical (unpaired) electrons. The highest BCUT2D eigenvalue weighted by atomic mass is 32.2. The number of unbranched alkanes of at least 4 members (excludes halogenated alkanes) is 3. The molecule has 1 aliphatic carbocycles. The molecule has 0 aliphatic heterocycles. The predicted molar refractivity (Wildman–Crippen MR) is 75.0 cm³/mol. The van der Waals surface area contributed by atoms with Crippen LogP contribution in [0.4, 0.5) is 0 Å². The Hall–Kier alpha value is 0.270. The zero-order chi connectivity index (χ0) is 11.6. The summed E-state index contributed by atoms with van der Waals surface area (Å²) in [4.78, 5) is 0. The molecule has 0 spiro atoms. The fraction of sp³-hybridized carbons (Fsp3) is 1.00. The topological polar surface area (TPSA) is 38.0 Å². The molecule has 1 aliphatic rings. The summed E-state index contributed by atoms with van der Waals surface area (Å²) in [6, 6.07) is 0.719. The van der Waals surface area contributed by atoms with Crippen LogP contribution >= 0.6 is 11.8 Å². The standard InChI is InChI=1S/C13H28N2S/c1-16-10-5-3-2-4-9-15-13-8-6-7-12(13)11-14/h12-13,15H,2-11,14H2,1H3. The lowest BCUT2D eigenvalue weighted by atomic mass is 10.0. The molecule has 0 saturated heterocycles. The number of hydrogen-bond acceptors (Lipinski definition) is 3. The van der Waals surface area contributed by atoms with Crippen molar-refractivity contribution < 1.29 is 0 Å². The van der Waals surface area contributed by atoms with Gasteiger partial charge in [0.2, 0.25) is 0 Å². The second-order valence-corrected chi connectivity index (χ2v) is 5.88. The largest absolute Gasteiger partial charge is 0.330 e. The van der Waals surface area contributed by atoms with Crippen LogP contribution in [0.25, 0.3) is 0 Å². The van der Waals surface area contributed by atoms with E-state index in [2.05, 4.69) is 11.6 Å². The van der Waals surface area contributed by atoms with Gasteiger partial charge in [-0.3, -0.25) is 0 Å².